The first kappa shape index (κ1) is 19.4. The molecule has 150 valence electrons. The first-order valence-corrected chi connectivity index (χ1v) is 9.37. The Bertz CT molecular complexity index is 1030. The fraction of sp³-hybridized carbons (Fsp3) is 0.200. The third-order valence-electron chi connectivity index (χ3n) is 4.76. The van der Waals surface area contributed by atoms with Gasteiger partial charge in [-0.1, -0.05) is 17.7 Å². The molecule has 0 bridgehead atoms. The zero-order valence-corrected chi connectivity index (χ0v) is 16.0. The van der Waals surface area contributed by atoms with Crippen molar-refractivity contribution < 1.29 is 13.9 Å². The van der Waals surface area contributed by atoms with Crippen LogP contribution < -0.4 is 16.0 Å². The lowest BCUT2D eigenvalue weighted by molar-refractivity contribution is 0.198. The molecule has 0 aliphatic carbocycles. The van der Waals surface area contributed by atoms with Crippen LogP contribution in [0.15, 0.2) is 57.6 Å². The predicted octanol–water partition coefficient (Wildman–Crippen LogP) is 3.48. The van der Waals surface area contributed by atoms with E-state index in [-0.39, 0.29) is 28.4 Å². The molecule has 2 heterocycles. The summed E-state index contributed by atoms with van der Waals surface area (Å²) < 4.78 is 28.7. The van der Waals surface area contributed by atoms with Gasteiger partial charge in [-0.2, -0.15) is 0 Å². The van der Waals surface area contributed by atoms with Gasteiger partial charge in [0.15, 0.2) is 11.7 Å². The average molecular weight is 418 g/mol. The number of anilines is 2. The fourth-order valence-corrected chi connectivity index (χ4v) is 3.40. The van der Waals surface area contributed by atoms with E-state index in [2.05, 4.69) is 15.3 Å². The van der Waals surface area contributed by atoms with E-state index in [0.717, 1.165) is 30.6 Å². The molecule has 2 aromatic carbocycles. The number of aliphatic imine (C=N–C) groups is 2. The van der Waals surface area contributed by atoms with Crippen LogP contribution in [0.3, 0.4) is 0 Å². The summed E-state index contributed by atoms with van der Waals surface area (Å²) in [6.07, 6.45) is 1.45. The molecule has 1 saturated heterocycles. The molecular weight excluding hydrogens is 400 g/mol. The van der Waals surface area contributed by atoms with Gasteiger partial charge in [-0.3, -0.25) is 0 Å². The van der Waals surface area contributed by atoms with Gasteiger partial charge in [0.1, 0.15) is 11.6 Å². The number of nitrogens with zero attached hydrogens (tertiary/aromatic N) is 3. The van der Waals surface area contributed by atoms with Gasteiger partial charge in [0.05, 0.1) is 28.1 Å². The summed E-state index contributed by atoms with van der Waals surface area (Å²) in [5.41, 5.74) is 7.03. The van der Waals surface area contributed by atoms with Crippen molar-refractivity contribution in [3.63, 3.8) is 0 Å². The van der Waals surface area contributed by atoms with Gasteiger partial charge in [0, 0.05) is 25.0 Å². The molecule has 1 atom stereocenters. The third-order valence-corrected chi connectivity index (χ3v) is 5.07. The van der Waals surface area contributed by atoms with E-state index in [4.69, 9.17) is 17.3 Å². The van der Waals surface area contributed by atoms with Crippen LogP contribution in [-0.4, -0.2) is 36.0 Å². The number of nitrogens with one attached hydrogen (secondary N) is 1. The number of benzene rings is 2. The molecule has 1 unspecified atom stereocenters. The third kappa shape index (κ3) is 3.81. The maximum absolute atomic E-state index is 14.3. The van der Waals surface area contributed by atoms with E-state index in [1.54, 1.807) is 6.07 Å². The van der Waals surface area contributed by atoms with Gasteiger partial charge in [-0.15, -0.1) is 0 Å². The number of hydrogen-bond donors (Lipinski definition) is 3. The second-order valence-electron chi connectivity index (χ2n) is 6.72. The lowest BCUT2D eigenvalue weighted by atomic mass is 10.1. The lowest BCUT2D eigenvalue weighted by Crippen LogP contribution is -2.21. The van der Waals surface area contributed by atoms with Gasteiger partial charge in [-0.05, 0) is 36.8 Å². The number of aliphatic hydroxyl groups is 1. The van der Waals surface area contributed by atoms with Crippen LogP contribution in [0.1, 0.15) is 12.0 Å². The normalized spacial score (nSPS) is 19.2. The van der Waals surface area contributed by atoms with E-state index < -0.39 is 11.6 Å². The molecule has 0 amide bonds. The van der Waals surface area contributed by atoms with Gasteiger partial charge in [0.25, 0.3) is 0 Å². The Kier molecular flexibility index (Phi) is 5.21. The molecular formula is C20H18ClF2N5O. The molecule has 2 aliphatic rings. The number of fused-ring (bicyclic) bond motifs is 1. The molecule has 1 fully saturated rings. The Morgan fingerprint density at radius 1 is 1.24 bits per heavy atom. The van der Waals surface area contributed by atoms with E-state index >= 15 is 0 Å². The first-order valence-electron chi connectivity index (χ1n) is 9.00. The summed E-state index contributed by atoms with van der Waals surface area (Å²) in [5, 5.41) is 12.9. The fourth-order valence-electron chi connectivity index (χ4n) is 3.31. The van der Waals surface area contributed by atoms with Gasteiger partial charge in [-0.25, -0.2) is 18.8 Å². The topological polar surface area (TPSA) is 86.2 Å². The van der Waals surface area contributed by atoms with Gasteiger partial charge < -0.3 is 21.1 Å². The highest BCUT2D eigenvalue weighted by molar-refractivity contribution is 6.46. The molecule has 4 rings (SSSR count). The second kappa shape index (κ2) is 7.81. The number of hydrogen-bond acceptors (Lipinski definition) is 6. The number of halogens is 3. The summed E-state index contributed by atoms with van der Waals surface area (Å²) in [7, 11) is 0. The SMILES string of the molecule is N/C=C(/Cl)C1=NC(c2c(F)cccc2F)=Nc2ccc(N3CCC(O)C3)cc2N1. The van der Waals surface area contributed by atoms with Crippen molar-refractivity contribution in [2.45, 2.75) is 12.5 Å². The van der Waals surface area contributed by atoms with E-state index in [1.165, 1.54) is 6.07 Å². The van der Waals surface area contributed by atoms with Crippen molar-refractivity contribution in [1.82, 2.24) is 0 Å². The maximum atomic E-state index is 14.3. The molecule has 29 heavy (non-hydrogen) atoms. The Morgan fingerprint density at radius 2 is 2.00 bits per heavy atom. The quantitative estimate of drug-likeness (QED) is 0.713. The van der Waals surface area contributed by atoms with Crippen LogP contribution >= 0.6 is 11.6 Å². The summed E-state index contributed by atoms with van der Waals surface area (Å²) >= 11 is 6.16. The molecule has 0 spiro atoms. The highest BCUT2D eigenvalue weighted by Gasteiger charge is 2.24. The minimum Gasteiger partial charge on any atom is -0.403 e. The number of rotatable bonds is 3. The van der Waals surface area contributed by atoms with Crippen LogP contribution in [0.4, 0.5) is 25.8 Å². The van der Waals surface area contributed by atoms with Crippen molar-refractivity contribution in [2.24, 2.45) is 15.7 Å². The van der Waals surface area contributed by atoms with Crippen molar-refractivity contribution in [3.05, 3.63) is 64.8 Å². The second-order valence-corrected chi connectivity index (χ2v) is 7.13. The molecule has 6 nitrogen and oxygen atoms in total. The summed E-state index contributed by atoms with van der Waals surface area (Å²) in [5.74, 6) is -1.62. The van der Waals surface area contributed by atoms with E-state index in [9.17, 15) is 13.9 Å². The monoisotopic (exact) mass is 417 g/mol. The van der Waals surface area contributed by atoms with Crippen LogP contribution in [0, 0.1) is 11.6 Å². The van der Waals surface area contributed by atoms with E-state index in [1.807, 2.05) is 17.0 Å². The van der Waals surface area contributed by atoms with E-state index in [0.29, 0.717) is 24.3 Å². The smallest absolute Gasteiger partial charge is 0.168 e. The van der Waals surface area contributed by atoms with Gasteiger partial charge in [0.2, 0.25) is 0 Å². The van der Waals surface area contributed by atoms with Crippen molar-refractivity contribution in [3.8, 4) is 0 Å². The number of aliphatic hydroxyl groups excluding tert-OH is 1. The highest BCUT2D eigenvalue weighted by atomic mass is 35.5. The number of amidine groups is 2. The van der Waals surface area contributed by atoms with Crippen LogP contribution in [0.2, 0.25) is 0 Å². The minimum absolute atomic E-state index is 0.0734. The van der Waals surface area contributed by atoms with Crippen molar-refractivity contribution in [1.29, 1.82) is 0 Å². The predicted molar refractivity (Wildman–Crippen MR) is 111 cm³/mol. The molecule has 9 heteroatoms. The largest absolute Gasteiger partial charge is 0.403 e. The van der Waals surface area contributed by atoms with Crippen LogP contribution in [0.25, 0.3) is 0 Å². The van der Waals surface area contributed by atoms with Gasteiger partial charge >= 0.3 is 0 Å². The molecule has 0 radical (unpaired) electrons. The summed E-state index contributed by atoms with van der Waals surface area (Å²) in [6, 6.07) is 8.93. The molecule has 0 saturated carbocycles. The van der Waals surface area contributed by atoms with Crippen LogP contribution in [-0.2, 0) is 0 Å². The average Bonchev–Trinajstić information content (AvgIpc) is 3.04. The molecule has 0 aromatic heterocycles. The molecule has 4 N–H and O–H groups in total. The Hall–Kier alpha value is -2.97. The molecule has 2 aromatic rings. The number of β-amino-alcohol motifs (C(OH)–C–C–N with tert-alkyl or cyclic N) is 1. The highest BCUT2D eigenvalue weighted by Crippen LogP contribution is 2.34. The zero-order valence-electron chi connectivity index (χ0n) is 15.2. The standard InChI is InChI=1S/C20H18ClF2N5O/c21-13(9-24)19-26-17-8-11(28-7-6-12(29)10-28)4-5-16(17)25-20(27-19)18-14(22)2-1-3-15(18)23/h1-5,8-9,12,29H,6-7,10,24H2,(H,25,26,27)/b13-9+. The summed E-state index contributed by atoms with van der Waals surface area (Å²) in [4.78, 5) is 10.6. The Balaban J connectivity index is 1.83. The maximum Gasteiger partial charge on any atom is 0.168 e. The Labute approximate surface area is 171 Å². The zero-order chi connectivity index (χ0) is 20.5. The first-order chi connectivity index (χ1) is 14.0. The molecule has 2 aliphatic heterocycles. The van der Waals surface area contributed by atoms with Crippen molar-refractivity contribution in [2.75, 3.05) is 23.3 Å². The lowest BCUT2D eigenvalue weighted by Gasteiger charge is -2.19. The Morgan fingerprint density at radius 3 is 2.66 bits per heavy atom. The summed E-state index contributed by atoms with van der Waals surface area (Å²) in [6.45, 7) is 1.25. The minimum atomic E-state index is -0.786. The van der Waals surface area contributed by atoms with Crippen molar-refractivity contribution >= 4 is 40.3 Å². The van der Waals surface area contributed by atoms with Crippen LogP contribution in [0.5, 0.6) is 0 Å². The number of nitrogens with two attached hydrogens (primary N) is 1.